The fourth-order valence-corrected chi connectivity index (χ4v) is 0.890. The van der Waals surface area contributed by atoms with Crippen molar-refractivity contribution in [2.24, 2.45) is 5.16 Å². The number of hydrogen-bond acceptors (Lipinski definition) is 4. The minimum Gasteiger partial charge on any atom is -0.411 e. The van der Waals surface area contributed by atoms with Crippen molar-refractivity contribution in [1.82, 2.24) is 0 Å². The smallest absolute Gasteiger partial charge is 0.107 e. The number of aliphatic hydroxyl groups is 1. The van der Waals surface area contributed by atoms with Gasteiger partial charge in [-0.05, 0) is 12.8 Å². The van der Waals surface area contributed by atoms with Gasteiger partial charge in [0.25, 0.3) is 0 Å². The molecule has 1 rings (SSSR count). The lowest BCUT2D eigenvalue weighted by atomic mass is 10.2. The minimum absolute atomic E-state index is 0.0343. The van der Waals surface area contributed by atoms with E-state index in [9.17, 15) is 0 Å². The molecule has 10 heavy (non-hydrogen) atoms. The second-order valence-corrected chi connectivity index (χ2v) is 2.27. The highest BCUT2D eigenvalue weighted by atomic mass is 16.6. The summed E-state index contributed by atoms with van der Waals surface area (Å²) in [4.78, 5) is 0. The van der Waals surface area contributed by atoms with Crippen LogP contribution in [0.2, 0.25) is 0 Å². The second kappa shape index (κ2) is 3.53. The van der Waals surface area contributed by atoms with Crippen LogP contribution in [0.15, 0.2) is 5.16 Å². The van der Waals surface area contributed by atoms with Gasteiger partial charge in [-0.2, -0.15) is 0 Å². The van der Waals surface area contributed by atoms with E-state index in [1.807, 2.05) is 0 Å². The van der Waals surface area contributed by atoms with Crippen molar-refractivity contribution in [3.8, 4) is 0 Å². The van der Waals surface area contributed by atoms with Gasteiger partial charge < -0.3 is 15.1 Å². The van der Waals surface area contributed by atoms with Gasteiger partial charge in [-0.15, -0.1) is 5.16 Å². The largest absolute Gasteiger partial charge is 0.411 e. The van der Waals surface area contributed by atoms with Crippen molar-refractivity contribution >= 4 is 6.21 Å². The Balaban J connectivity index is 1.96. The Labute approximate surface area is 59.1 Å². The first-order valence-electron chi connectivity index (χ1n) is 3.30. The first-order valence-corrected chi connectivity index (χ1v) is 3.30. The van der Waals surface area contributed by atoms with Gasteiger partial charge in [0.15, 0.2) is 0 Å². The van der Waals surface area contributed by atoms with Crippen LogP contribution < -0.4 is 0 Å². The summed E-state index contributed by atoms with van der Waals surface area (Å²) in [5, 5.41) is 19.4. The molecule has 0 amide bonds. The number of hydrogen-bond donors (Lipinski definition) is 2. The number of nitrogens with zero attached hydrogens (tertiary/aromatic N) is 1. The standard InChI is InChI=1S/C6H11NO3/c8-4-6-5(10-6)2-1-3-7-9/h3,5-6,8-9H,1-2,4H2/b7-3+/t5-,6+/m0/s1. The predicted molar refractivity (Wildman–Crippen MR) is 35.3 cm³/mol. The summed E-state index contributed by atoms with van der Waals surface area (Å²) in [6.07, 6.45) is 3.18. The Bertz CT molecular complexity index is 126. The van der Waals surface area contributed by atoms with Gasteiger partial charge in [0.1, 0.15) is 6.10 Å². The molecule has 0 aromatic heterocycles. The van der Waals surface area contributed by atoms with E-state index in [-0.39, 0.29) is 18.8 Å². The van der Waals surface area contributed by atoms with Crippen LogP contribution in [0.25, 0.3) is 0 Å². The molecule has 4 nitrogen and oxygen atoms in total. The first-order chi connectivity index (χ1) is 4.88. The van der Waals surface area contributed by atoms with Crippen LogP contribution in [0, 0.1) is 0 Å². The molecule has 0 aromatic rings. The number of epoxide rings is 1. The second-order valence-electron chi connectivity index (χ2n) is 2.27. The number of aliphatic hydroxyl groups excluding tert-OH is 1. The summed E-state index contributed by atoms with van der Waals surface area (Å²) in [6, 6.07) is 0. The van der Waals surface area contributed by atoms with E-state index in [1.165, 1.54) is 6.21 Å². The normalized spacial score (nSPS) is 31.3. The summed E-state index contributed by atoms with van der Waals surface area (Å²) in [6.45, 7) is 0.0981. The maximum Gasteiger partial charge on any atom is 0.107 e. The van der Waals surface area contributed by atoms with E-state index >= 15 is 0 Å². The molecule has 58 valence electrons. The molecule has 0 unspecified atom stereocenters. The molecular formula is C6H11NO3. The van der Waals surface area contributed by atoms with Crippen molar-refractivity contribution < 1.29 is 15.1 Å². The van der Waals surface area contributed by atoms with E-state index in [2.05, 4.69) is 5.16 Å². The van der Waals surface area contributed by atoms with Crippen LogP contribution in [0.5, 0.6) is 0 Å². The number of oxime groups is 1. The van der Waals surface area contributed by atoms with Crippen LogP contribution in [0.1, 0.15) is 12.8 Å². The van der Waals surface area contributed by atoms with E-state index < -0.39 is 0 Å². The van der Waals surface area contributed by atoms with Gasteiger partial charge in [-0.3, -0.25) is 0 Å². The average Bonchev–Trinajstić information content (AvgIpc) is 2.68. The zero-order valence-electron chi connectivity index (χ0n) is 5.60. The summed E-state index contributed by atoms with van der Waals surface area (Å²) in [5.74, 6) is 0. The molecule has 0 spiro atoms. The van der Waals surface area contributed by atoms with Crippen molar-refractivity contribution in [3.63, 3.8) is 0 Å². The van der Waals surface area contributed by atoms with E-state index in [0.29, 0.717) is 6.42 Å². The molecule has 0 aromatic carbocycles. The van der Waals surface area contributed by atoms with Crippen molar-refractivity contribution in [2.45, 2.75) is 25.0 Å². The number of rotatable bonds is 4. The molecule has 1 fully saturated rings. The quantitative estimate of drug-likeness (QED) is 0.253. The molecule has 1 aliphatic rings. The summed E-state index contributed by atoms with van der Waals surface area (Å²) in [7, 11) is 0. The third-order valence-corrected chi connectivity index (χ3v) is 1.53. The lowest BCUT2D eigenvalue weighted by Crippen LogP contribution is -1.98. The molecule has 0 bridgehead atoms. The number of ether oxygens (including phenoxy) is 1. The van der Waals surface area contributed by atoms with Gasteiger partial charge in [-0.25, -0.2) is 0 Å². The molecule has 0 aliphatic carbocycles. The van der Waals surface area contributed by atoms with Gasteiger partial charge in [0, 0.05) is 6.21 Å². The molecule has 0 saturated carbocycles. The van der Waals surface area contributed by atoms with Crippen LogP contribution in [-0.4, -0.2) is 35.3 Å². The van der Waals surface area contributed by atoms with Gasteiger partial charge in [0.05, 0.1) is 12.7 Å². The molecule has 2 N–H and O–H groups in total. The minimum atomic E-state index is 0.0343. The zero-order valence-corrected chi connectivity index (χ0v) is 5.60. The maximum absolute atomic E-state index is 8.52. The first kappa shape index (κ1) is 7.50. The highest BCUT2D eigenvalue weighted by Gasteiger charge is 2.36. The molecular weight excluding hydrogens is 134 g/mol. The molecule has 1 aliphatic heterocycles. The molecule has 1 heterocycles. The lowest BCUT2D eigenvalue weighted by Gasteiger charge is -1.85. The third kappa shape index (κ3) is 1.97. The molecule has 0 radical (unpaired) electrons. The van der Waals surface area contributed by atoms with Crippen molar-refractivity contribution in [1.29, 1.82) is 0 Å². The SMILES string of the molecule is OC[C@H]1O[C@H]1CC/C=N/O. The Morgan fingerprint density at radius 1 is 1.50 bits per heavy atom. The predicted octanol–water partition coefficient (Wildman–Crippen LogP) is -0.0137. The lowest BCUT2D eigenvalue weighted by molar-refractivity contribution is 0.242. The fraction of sp³-hybridized carbons (Fsp3) is 0.833. The van der Waals surface area contributed by atoms with E-state index in [0.717, 1.165) is 6.42 Å². The van der Waals surface area contributed by atoms with Gasteiger partial charge in [0.2, 0.25) is 0 Å². The molecule has 2 atom stereocenters. The highest BCUT2D eigenvalue weighted by Crippen LogP contribution is 2.25. The Kier molecular flexibility index (Phi) is 2.65. The maximum atomic E-state index is 8.52. The van der Waals surface area contributed by atoms with E-state index in [4.69, 9.17) is 15.1 Å². The Morgan fingerprint density at radius 2 is 2.30 bits per heavy atom. The fourth-order valence-electron chi connectivity index (χ4n) is 0.890. The van der Waals surface area contributed by atoms with Crippen LogP contribution in [0.4, 0.5) is 0 Å². The average molecular weight is 145 g/mol. The third-order valence-electron chi connectivity index (χ3n) is 1.53. The van der Waals surface area contributed by atoms with Crippen molar-refractivity contribution in [3.05, 3.63) is 0 Å². The zero-order chi connectivity index (χ0) is 7.40. The Morgan fingerprint density at radius 3 is 2.80 bits per heavy atom. The molecule has 1 saturated heterocycles. The molecule has 4 heteroatoms. The summed E-state index contributed by atoms with van der Waals surface area (Å²) in [5.41, 5.74) is 0. The van der Waals surface area contributed by atoms with Crippen LogP contribution in [0.3, 0.4) is 0 Å². The summed E-state index contributed by atoms with van der Waals surface area (Å²) >= 11 is 0. The summed E-state index contributed by atoms with van der Waals surface area (Å²) < 4.78 is 5.02. The Hall–Kier alpha value is -0.610. The monoisotopic (exact) mass is 145 g/mol. The van der Waals surface area contributed by atoms with Gasteiger partial charge >= 0.3 is 0 Å². The topological polar surface area (TPSA) is 65.3 Å². The highest BCUT2D eigenvalue weighted by molar-refractivity contribution is 5.56. The van der Waals surface area contributed by atoms with Crippen LogP contribution in [-0.2, 0) is 4.74 Å². The van der Waals surface area contributed by atoms with Crippen molar-refractivity contribution in [2.75, 3.05) is 6.61 Å². The van der Waals surface area contributed by atoms with Crippen LogP contribution >= 0.6 is 0 Å². The van der Waals surface area contributed by atoms with Gasteiger partial charge in [-0.1, -0.05) is 0 Å². The van der Waals surface area contributed by atoms with E-state index in [1.54, 1.807) is 0 Å².